The minimum Gasteiger partial charge on any atom is -0.409 e. The molecule has 1 unspecified atom stereocenters. The van der Waals surface area contributed by atoms with E-state index in [0.29, 0.717) is 6.42 Å². The molecule has 0 spiro atoms. The van der Waals surface area contributed by atoms with Gasteiger partial charge in [-0.3, -0.25) is 4.79 Å². The van der Waals surface area contributed by atoms with Gasteiger partial charge >= 0.3 is 0 Å². The van der Waals surface area contributed by atoms with Crippen LogP contribution in [0.4, 0.5) is 10.1 Å². The van der Waals surface area contributed by atoms with Gasteiger partial charge in [-0.05, 0) is 31.0 Å². The van der Waals surface area contributed by atoms with Crippen molar-refractivity contribution in [1.29, 1.82) is 0 Å². The summed E-state index contributed by atoms with van der Waals surface area (Å²) in [5.41, 5.74) is 6.31. The van der Waals surface area contributed by atoms with Crippen LogP contribution >= 0.6 is 0 Å². The van der Waals surface area contributed by atoms with Crippen LogP contribution in [0.2, 0.25) is 0 Å². The van der Waals surface area contributed by atoms with E-state index in [2.05, 4.69) is 10.5 Å². The Hall–Kier alpha value is -2.11. The van der Waals surface area contributed by atoms with Crippen LogP contribution in [0.25, 0.3) is 0 Å². The molecule has 1 aromatic rings. The van der Waals surface area contributed by atoms with E-state index in [0.717, 1.165) is 5.56 Å². The van der Waals surface area contributed by atoms with Gasteiger partial charge in [-0.15, -0.1) is 0 Å². The minimum absolute atomic E-state index is 0.0872. The van der Waals surface area contributed by atoms with Gasteiger partial charge in [0.25, 0.3) is 0 Å². The Balaban J connectivity index is 2.89. The molecule has 18 heavy (non-hydrogen) atoms. The van der Waals surface area contributed by atoms with Crippen LogP contribution < -0.4 is 11.1 Å². The van der Waals surface area contributed by atoms with E-state index >= 15 is 0 Å². The molecule has 4 N–H and O–H groups in total. The van der Waals surface area contributed by atoms with Crippen molar-refractivity contribution < 1.29 is 14.4 Å². The van der Waals surface area contributed by atoms with E-state index in [1.807, 2.05) is 0 Å². The Bertz CT molecular complexity index is 474. The highest BCUT2D eigenvalue weighted by atomic mass is 19.1. The van der Waals surface area contributed by atoms with E-state index in [1.165, 1.54) is 12.1 Å². The van der Waals surface area contributed by atoms with Crippen molar-refractivity contribution in [1.82, 2.24) is 0 Å². The standard InChI is InChI=1S/C12H16FN3O2/c1-3-8(11(14)16-18)12(17)15-10-6-7(2)4-5-9(10)13/h4-6,8,18H,3H2,1-2H3,(H2,14,16)(H,15,17). The van der Waals surface area contributed by atoms with Crippen molar-refractivity contribution in [2.75, 3.05) is 5.32 Å². The van der Waals surface area contributed by atoms with Gasteiger partial charge in [0.05, 0.1) is 11.6 Å². The van der Waals surface area contributed by atoms with Gasteiger partial charge < -0.3 is 16.3 Å². The lowest BCUT2D eigenvalue weighted by Crippen LogP contribution is -2.34. The van der Waals surface area contributed by atoms with Gasteiger partial charge in [0.2, 0.25) is 5.91 Å². The summed E-state index contributed by atoms with van der Waals surface area (Å²) in [5, 5.41) is 13.8. The molecule has 0 radical (unpaired) electrons. The number of hydrogen-bond donors (Lipinski definition) is 3. The quantitative estimate of drug-likeness (QED) is 0.331. The summed E-state index contributed by atoms with van der Waals surface area (Å²) in [4.78, 5) is 11.9. The predicted octanol–water partition coefficient (Wildman–Crippen LogP) is 1.85. The number of carbonyl (C=O) groups excluding carboxylic acids is 1. The molecule has 5 nitrogen and oxygen atoms in total. The number of aryl methyl sites for hydroxylation is 1. The maximum Gasteiger partial charge on any atom is 0.235 e. The summed E-state index contributed by atoms with van der Waals surface area (Å²) in [6, 6.07) is 4.40. The predicted molar refractivity (Wildman–Crippen MR) is 67.0 cm³/mol. The van der Waals surface area contributed by atoms with E-state index in [1.54, 1.807) is 19.9 Å². The third-order valence-corrected chi connectivity index (χ3v) is 2.58. The van der Waals surface area contributed by atoms with Gasteiger partial charge in [-0.25, -0.2) is 4.39 Å². The van der Waals surface area contributed by atoms with E-state index < -0.39 is 17.6 Å². The molecule has 0 fully saturated rings. The lowest BCUT2D eigenvalue weighted by molar-refractivity contribution is -0.118. The number of nitrogens with two attached hydrogens (primary N) is 1. The Morgan fingerprint density at radius 2 is 2.28 bits per heavy atom. The van der Waals surface area contributed by atoms with Gasteiger partial charge in [-0.1, -0.05) is 18.1 Å². The minimum atomic E-state index is -0.782. The highest BCUT2D eigenvalue weighted by molar-refractivity contribution is 6.07. The first-order chi connectivity index (χ1) is 8.49. The number of amidine groups is 1. The van der Waals surface area contributed by atoms with Crippen molar-refractivity contribution >= 4 is 17.4 Å². The van der Waals surface area contributed by atoms with Crippen LogP contribution in [-0.2, 0) is 4.79 Å². The summed E-state index contributed by atoms with van der Waals surface area (Å²) in [6.07, 6.45) is 0.356. The highest BCUT2D eigenvalue weighted by Crippen LogP contribution is 2.17. The van der Waals surface area contributed by atoms with Crippen molar-refractivity contribution in [3.05, 3.63) is 29.6 Å². The van der Waals surface area contributed by atoms with Gasteiger partial charge in [0, 0.05) is 0 Å². The maximum absolute atomic E-state index is 13.5. The molecule has 98 valence electrons. The van der Waals surface area contributed by atoms with Crippen molar-refractivity contribution in [2.45, 2.75) is 20.3 Å². The molecule has 1 atom stereocenters. The molecule has 0 aromatic heterocycles. The Morgan fingerprint density at radius 3 is 2.83 bits per heavy atom. The summed E-state index contributed by atoms with van der Waals surface area (Å²) < 4.78 is 13.5. The van der Waals surface area contributed by atoms with Crippen molar-refractivity contribution in [2.24, 2.45) is 16.8 Å². The molecule has 1 aromatic carbocycles. The fourth-order valence-electron chi connectivity index (χ4n) is 1.55. The molecule has 0 bridgehead atoms. The SMILES string of the molecule is CCC(C(=O)Nc1cc(C)ccc1F)/C(N)=N/O. The summed E-state index contributed by atoms with van der Waals surface area (Å²) in [5.74, 6) is -2.00. The summed E-state index contributed by atoms with van der Waals surface area (Å²) in [6.45, 7) is 3.50. The average molecular weight is 253 g/mol. The second kappa shape index (κ2) is 6.00. The van der Waals surface area contributed by atoms with Crippen LogP contribution in [0.3, 0.4) is 0 Å². The van der Waals surface area contributed by atoms with E-state index in [9.17, 15) is 9.18 Å². The molecule has 1 rings (SSSR count). The normalized spacial score (nSPS) is 13.2. The van der Waals surface area contributed by atoms with Gasteiger partial charge in [-0.2, -0.15) is 0 Å². The Morgan fingerprint density at radius 1 is 1.61 bits per heavy atom. The molecule has 6 heteroatoms. The van der Waals surface area contributed by atoms with Gasteiger partial charge in [0.1, 0.15) is 5.82 Å². The molecule has 1 amide bonds. The molecule has 0 aliphatic heterocycles. The summed E-state index contributed by atoms with van der Waals surface area (Å²) in [7, 11) is 0. The Kier molecular flexibility index (Phi) is 4.65. The molecule has 0 saturated heterocycles. The van der Waals surface area contributed by atoms with Crippen LogP contribution in [0.15, 0.2) is 23.4 Å². The first-order valence-electron chi connectivity index (χ1n) is 5.54. The molecule has 0 aliphatic carbocycles. The van der Waals surface area contributed by atoms with Crippen LogP contribution in [0.1, 0.15) is 18.9 Å². The fourth-order valence-corrected chi connectivity index (χ4v) is 1.55. The zero-order chi connectivity index (χ0) is 13.7. The first kappa shape index (κ1) is 14.0. The number of anilines is 1. The molecule has 0 saturated carbocycles. The van der Waals surface area contributed by atoms with Crippen LogP contribution in [0, 0.1) is 18.7 Å². The number of benzene rings is 1. The van der Waals surface area contributed by atoms with Crippen LogP contribution in [-0.4, -0.2) is 17.0 Å². The molecular weight excluding hydrogens is 237 g/mol. The molecule has 0 aliphatic rings. The number of carbonyl (C=O) groups is 1. The van der Waals surface area contributed by atoms with E-state index in [4.69, 9.17) is 10.9 Å². The number of halogens is 1. The van der Waals surface area contributed by atoms with Crippen molar-refractivity contribution in [3.8, 4) is 0 Å². The lowest BCUT2D eigenvalue weighted by Gasteiger charge is -2.14. The topological polar surface area (TPSA) is 87.7 Å². The third-order valence-electron chi connectivity index (χ3n) is 2.58. The lowest BCUT2D eigenvalue weighted by atomic mass is 10.0. The number of amides is 1. The zero-order valence-electron chi connectivity index (χ0n) is 10.3. The monoisotopic (exact) mass is 253 g/mol. The zero-order valence-corrected chi connectivity index (χ0v) is 10.3. The second-order valence-corrected chi connectivity index (χ2v) is 3.96. The van der Waals surface area contributed by atoms with Crippen LogP contribution in [0.5, 0.6) is 0 Å². The van der Waals surface area contributed by atoms with E-state index in [-0.39, 0.29) is 11.5 Å². The highest BCUT2D eigenvalue weighted by Gasteiger charge is 2.22. The number of oxime groups is 1. The second-order valence-electron chi connectivity index (χ2n) is 3.96. The Labute approximate surface area is 104 Å². The number of rotatable bonds is 4. The molecule has 0 heterocycles. The maximum atomic E-state index is 13.5. The summed E-state index contributed by atoms with van der Waals surface area (Å²) >= 11 is 0. The third kappa shape index (κ3) is 3.19. The largest absolute Gasteiger partial charge is 0.409 e. The smallest absolute Gasteiger partial charge is 0.235 e. The number of nitrogens with one attached hydrogen (secondary N) is 1. The molecular formula is C12H16FN3O2. The average Bonchev–Trinajstić information content (AvgIpc) is 2.34. The van der Waals surface area contributed by atoms with Gasteiger partial charge in [0.15, 0.2) is 5.84 Å². The first-order valence-corrected chi connectivity index (χ1v) is 5.54. The fraction of sp³-hybridized carbons (Fsp3) is 0.333. The number of nitrogens with zero attached hydrogens (tertiary/aromatic N) is 1. The van der Waals surface area contributed by atoms with Crippen molar-refractivity contribution in [3.63, 3.8) is 0 Å². The number of hydrogen-bond acceptors (Lipinski definition) is 3.